The van der Waals surface area contributed by atoms with Crippen molar-refractivity contribution < 1.29 is 32.1 Å². The average Bonchev–Trinajstić information content (AvgIpc) is 2.83. The Morgan fingerprint density at radius 2 is 0.533 bits per heavy atom. The summed E-state index contributed by atoms with van der Waals surface area (Å²) in [6.07, 6.45) is 20.0. The molecule has 2 fully saturated rings. The zero-order valence-electron chi connectivity index (χ0n) is 8.05. The number of hydrogen-bond donors (Lipinski definition) is 3. The summed E-state index contributed by atoms with van der Waals surface area (Å²) in [5, 5.41) is 21.5. The zero-order chi connectivity index (χ0) is 10.6. The Kier molecular flexibility index (Phi) is 17.2. The molecule has 2 saturated carbocycles. The third kappa shape index (κ3) is 20.5. The van der Waals surface area contributed by atoms with E-state index in [1.54, 1.807) is 0 Å². The average molecular weight is 248 g/mol. The van der Waals surface area contributed by atoms with Crippen LogP contribution in [-0.2, 0) is 17.1 Å². The minimum atomic E-state index is -2.17. The molecule has 10 radical (unpaired) electrons. The van der Waals surface area contributed by atoms with Gasteiger partial charge in [0.05, 0.1) is 0 Å². The van der Waals surface area contributed by atoms with E-state index in [-0.39, 0.29) is 17.1 Å². The van der Waals surface area contributed by atoms with Crippen molar-refractivity contribution in [3.8, 4) is 0 Å². The number of rotatable bonds is 0. The molecule has 0 aromatic heterocycles. The standard InChI is InChI=1S/2C5H5.BH3O3.Fe/c2*1-2-4-5-3-1;2-1(3)4;/h2*1-5H;2-4H;/q;;;+2. The maximum atomic E-state index is 7.17. The van der Waals surface area contributed by atoms with Gasteiger partial charge in [0, 0.05) is 0 Å². The van der Waals surface area contributed by atoms with Crippen LogP contribution in [0.4, 0.5) is 0 Å². The van der Waals surface area contributed by atoms with Crippen LogP contribution in [0, 0.1) is 64.2 Å². The molecule has 0 unspecified atom stereocenters. The predicted octanol–water partition coefficient (Wildman–Crippen LogP) is -0.0114. The van der Waals surface area contributed by atoms with E-state index >= 15 is 0 Å². The van der Waals surface area contributed by atoms with Crippen molar-refractivity contribution in [3.05, 3.63) is 64.2 Å². The Morgan fingerprint density at radius 1 is 0.467 bits per heavy atom. The maximum Gasteiger partial charge on any atom is 2.00 e. The molecule has 0 bridgehead atoms. The minimum absolute atomic E-state index is 0. The molecule has 5 heteroatoms. The second kappa shape index (κ2) is 14.5. The van der Waals surface area contributed by atoms with Crippen LogP contribution in [0.5, 0.6) is 0 Å². The fraction of sp³-hybridized carbons (Fsp3) is 0. The molecule has 2 rings (SSSR count). The molecule has 0 atom stereocenters. The van der Waals surface area contributed by atoms with Gasteiger partial charge in [0.15, 0.2) is 0 Å². The molecule has 0 heterocycles. The molecule has 15 heavy (non-hydrogen) atoms. The summed E-state index contributed by atoms with van der Waals surface area (Å²) in [7, 11) is -2.17. The van der Waals surface area contributed by atoms with Gasteiger partial charge in [-0.05, 0) is 64.2 Å². The van der Waals surface area contributed by atoms with Crippen molar-refractivity contribution in [1.29, 1.82) is 0 Å². The normalized spacial score (nSPS) is 17.8. The fourth-order valence-electron chi connectivity index (χ4n) is 0.642. The van der Waals surface area contributed by atoms with E-state index in [1.807, 2.05) is 64.2 Å². The smallest absolute Gasteiger partial charge is 0.402 e. The van der Waals surface area contributed by atoms with Crippen LogP contribution in [0.3, 0.4) is 0 Å². The first-order valence-electron chi connectivity index (χ1n) is 4.11. The largest absolute Gasteiger partial charge is 2.00 e. The molecular formula is C10H13BFeO3+2. The summed E-state index contributed by atoms with van der Waals surface area (Å²) in [5.41, 5.74) is 0. The Bertz CT molecular complexity index is 78.9. The fourth-order valence-corrected chi connectivity index (χ4v) is 0.642. The van der Waals surface area contributed by atoms with Crippen LogP contribution in [-0.4, -0.2) is 22.4 Å². The number of hydrogen-bond acceptors (Lipinski definition) is 3. The van der Waals surface area contributed by atoms with E-state index in [4.69, 9.17) is 15.1 Å². The molecular weight excluding hydrogens is 235 g/mol. The van der Waals surface area contributed by atoms with Gasteiger partial charge in [-0.15, -0.1) is 0 Å². The zero-order valence-corrected chi connectivity index (χ0v) is 9.15. The first-order chi connectivity index (χ1) is 6.73. The van der Waals surface area contributed by atoms with Gasteiger partial charge in [-0.25, -0.2) is 0 Å². The Morgan fingerprint density at radius 3 is 0.600 bits per heavy atom. The van der Waals surface area contributed by atoms with Gasteiger partial charge in [0.25, 0.3) is 0 Å². The summed E-state index contributed by atoms with van der Waals surface area (Å²) in [6, 6.07) is 0. The monoisotopic (exact) mass is 248 g/mol. The van der Waals surface area contributed by atoms with Crippen LogP contribution in [0.2, 0.25) is 0 Å². The second-order valence-corrected chi connectivity index (χ2v) is 2.27. The van der Waals surface area contributed by atoms with Crippen molar-refractivity contribution >= 4 is 7.32 Å². The minimum Gasteiger partial charge on any atom is -0.402 e. The van der Waals surface area contributed by atoms with Gasteiger partial charge in [-0.1, -0.05) is 0 Å². The van der Waals surface area contributed by atoms with Crippen LogP contribution in [0.25, 0.3) is 0 Å². The van der Waals surface area contributed by atoms with E-state index in [0.717, 1.165) is 0 Å². The van der Waals surface area contributed by atoms with Crippen molar-refractivity contribution in [1.82, 2.24) is 0 Å². The summed E-state index contributed by atoms with van der Waals surface area (Å²) in [4.78, 5) is 0. The molecule has 2 aliphatic carbocycles. The van der Waals surface area contributed by atoms with Crippen molar-refractivity contribution in [2.24, 2.45) is 0 Å². The van der Waals surface area contributed by atoms with Crippen LogP contribution >= 0.6 is 0 Å². The Balaban J connectivity index is 0. The van der Waals surface area contributed by atoms with Gasteiger partial charge in [0.2, 0.25) is 0 Å². The summed E-state index contributed by atoms with van der Waals surface area (Å²) >= 11 is 0. The van der Waals surface area contributed by atoms with Crippen LogP contribution in [0.1, 0.15) is 0 Å². The quantitative estimate of drug-likeness (QED) is 0.528. The maximum absolute atomic E-state index is 7.17. The molecule has 0 spiro atoms. The van der Waals surface area contributed by atoms with Crippen molar-refractivity contribution in [2.75, 3.05) is 0 Å². The SMILES string of the molecule is OB(O)O.[CH]1[CH][CH][CH][CH]1.[CH]1[CH][CH][CH][CH]1.[Fe+2]. The molecule has 0 amide bonds. The van der Waals surface area contributed by atoms with E-state index in [0.29, 0.717) is 0 Å². The predicted molar refractivity (Wildman–Crippen MR) is 55.4 cm³/mol. The summed E-state index contributed by atoms with van der Waals surface area (Å²) in [5.74, 6) is 0. The third-order valence-corrected chi connectivity index (χ3v) is 1.11. The van der Waals surface area contributed by atoms with Crippen LogP contribution < -0.4 is 0 Å². The molecule has 0 aromatic carbocycles. The third-order valence-electron chi connectivity index (χ3n) is 1.11. The topological polar surface area (TPSA) is 60.7 Å². The molecule has 3 N–H and O–H groups in total. The van der Waals surface area contributed by atoms with Gasteiger partial charge in [-0.2, -0.15) is 0 Å². The first kappa shape index (κ1) is 17.8. The summed E-state index contributed by atoms with van der Waals surface area (Å²) < 4.78 is 0. The molecule has 0 saturated heterocycles. The van der Waals surface area contributed by atoms with Crippen molar-refractivity contribution in [3.63, 3.8) is 0 Å². The van der Waals surface area contributed by atoms with E-state index in [9.17, 15) is 0 Å². The molecule has 80 valence electrons. The summed E-state index contributed by atoms with van der Waals surface area (Å²) in [6.45, 7) is 0. The second-order valence-electron chi connectivity index (χ2n) is 2.27. The van der Waals surface area contributed by atoms with Gasteiger partial charge in [-0.3, -0.25) is 0 Å². The molecule has 2 aliphatic rings. The van der Waals surface area contributed by atoms with E-state index in [2.05, 4.69) is 0 Å². The Hall–Kier alpha value is 0.464. The van der Waals surface area contributed by atoms with Crippen LogP contribution in [0.15, 0.2) is 0 Å². The van der Waals surface area contributed by atoms with Gasteiger partial charge >= 0.3 is 24.4 Å². The molecule has 3 nitrogen and oxygen atoms in total. The Labute approximate surface area is 104 Å². The van der Waals surface area contributed by atoms with Gasteiger partial charge in [0.1, 0.15) is 0 Å². The molecule has 0 aliphatic heterocycles. The molecule has 0 aromatic rings. The van der Waals surface area contributed by atoms with Gasteiger partial charge < -0.3 is 15.1 Å². The first-order valence-corrected chi connectivity index (χ1v) is 4.11. The van der Waals surface area contributed by atoms with E-state index in [1.165, 1.54) is 0 Å². The van der Waals surface area contributed by atoms with E-state index < -0.39 is 7.32 Å². The van der Waals surface area contributed by atoms with Crippen molar-refractivity contribution in [2.45, 2.75) is 0 Å².